The zero-order valence-electron chi connectivity index (χ0n) is 27.1. The second-order valence-electron chi connectivity index (χ2n) is 11.3. The summed E-state index contributed by atoms with van der Waals surface area (Å²) in [6.07, 6.45) is -16.3. The van der Waals surface area contributed by atoms with Crippen LogP contribution in [0.2, 0.25) is 0 Å². The van der Waals surface area contributed by atoms with Gasteiger partial charge < -0.3 is 9.47 Å². The van der Waals surface area contributed by atoms with Gasteiger partial charge in [0.1, 0.15) is 24.0 Å². The van der Waals surface area contributed by atoms with E-state index in [1.165, 1.54) is 7.05 Å². The number of pyridine rings is 1. The molecule has 51 heavy (non-hydrogen) atoms. The third kappa shape index (κ3) is 9.86. The lowest BCUT2D eigenvalue weighted by atomic mass is 9.92. The lowest BCUT2D eigenvalue weighted by molar-refractivity contribution is -0.593. The van der Waals surface area contributed by atoms with Gasteiger partial charge in [0.25, 0.3) is 0 Å². The van der Waals surface area contributed by atoms with Gasteiger partial charge in [0.2, 0.25) is 0 Å². The fraction of sp³-hybridized carbons (Fsp3) is 0.406. The normalized spacial score (nSPS) is 17.3. The van der Waals surface area contributed by atoms with Gasteiger partial charge in [-0.05, 0) is 53.1 Å². The van der Waals surface area contributed by atoms with Crippen molar-refractivity contribution in [2.24, 2.45) is 16.1 Å². The molecule has 10 nitrogen and oxygen atoms in total. The number of ether oxygens (including phenoxy) is 2. The van der Waals surface area contributed by atoms with Crippen LogP contribution in [0.1, 0.15) is 59.4 Å². The van der Waals surface area contributed by atoms with Crippen molar-refractivity contribution in [3.05, 3.63) is 94.3 Å². The number of hydrogen-bond acceptors (Lipinski definition) is 6. The number of nitrogens with two attached hydrogens (primary N) is 1. The van der Waals surface area contributed by atoms with Crippen molar-refractivity contribution in [2.45, 2.75) is 63.5 Å². The van der Waals surface area contributed by atoms with Gasteiger partial charge >= 0.3 is 30.6 Å². The number of fused-ring (bicyclic) bond motifs is 1. The van der Waals surface area contributed by atoms with E-state index in [0.29, 0.717) is 18.2 Å². The Morgan fingerprint density at radius 1 is 0.941 bits per heavy atom. The molecule has 0 saturated carbocycles. The van der Waals surface area contributed by atoms with E-state index in [4.69, 9.17) is 15.2 Å². The monoisotopic (exact) mass is 734 g/mol. The van der Waals surface area contributed by atoms with Gasteiger partial charge in [-0.15, -0.1) is 5.43 Å². The summed E-state index contributed by atoms with van der Waals surface area (Å²) in [6, 6.07) is 9.50. The molecule has 0 unspecified atom stereocenters. The predicted octanol–water partition coefficient (Wildman–Crippen LogP) is 7.64. The van der Waals surface area contributed by atoms with Crippen LogP contribution in [-0.4, -0.2) is 47.9 Å². The number of guanidine groups is 1. The molecule has 3 aromatic rings. The number of hydrogen-bond donors (Lipinski definition) is 2. The van der Waals surface area contributed by atoms with Gasteiger partial charge in [0.15, 0.2) is 0 Å². The summed E-state index contributed by atoms with van der Waals surface area (Å²) in [6.45, 7) is 0.870. The lowest BCUT2D eigenvalue weighted by Crippen LogP contribution is -2.49. The van der Waals surface area contributed by atoms with E-state index in [1.807, 2.05) is 30.3 Å². The number of carbonyl (C=O) groups is 1. The van der Waals surface area contributed by atoms with Gasteiger partial charge in [0.05, 0.1) is 43.6 Å². The maximum absolute atomic E-state index is 14.0. The van der Waals surface area contributed by atoms with E-state index in [-0.39, 0.29) is 44.4 Å². The summed E-state index contributed by atoms with van der Waals surface area (Å²) in [5.74, 6) is -0.483. The molecule has 0 saturated heterocycles. The smallest absolute Gasteiger partial charge is 0.433 e. The van der Waals surface area contributed by atoms with Crippen LogP contribution in [0.5, 0.6) is 0 Å². The third-order valence-corrected chi connectivity index (χ3v) is 7.81. The molecule has 3 N–H and O–H groups in total. The summed E-state index contributed by atoms with van der Waals surface area (Å²) in [5.41, 5.74) is 3.70. The number of anilines is 1. The van der Waals surface area contributed by atoms with Gasteiger partial charge in [-0.1, -0.05) is 37.3 Å². The first-order valence-corrected chi connectivity index (χ1v) is 15.3. The van der Waals surface area contributed by atoms with Crippen molar-refractivity contribution < 1.29 is 58.4 Å². The first-order chi connectivity index (χ1) is 23.9. The van der Waals surface area contributed by atoms with E-state index >= 15 is 0 Å². The van der Waals surface area contributed by atoms with Crippen LogP contribution < -0.4 is 16.1 Å². The summed E-state index contributed by atoms with van der Waals surface area (Å²) in [7, 11) is 1.23. The van der Waals surface area contributed by atoms with E-state index in [2.05, 4.69) is 20.7 Å². The summed E-state index contributed by atoms with van der Waals surface area (Å²) >= 11 is 0. The van der Waals surface area contributed by atoms with Crippen molar-refractivity contribution in [1.82, 2.24) is 10.4 Å². The Morgan fingerprint density at radius 2 is 1.59 bits per heavy atom. The Kier molecular flexibility index (Phi) is 12.2. The highest BCUT2D eigenvalue weighted by Crippen LogP contribution is 2.43. The predicted molar refractivity (Wildman–Crippen MR) is 164 cm³/mol. The van der Waals surface area contributed by atoms with Gasteiger partial charge in [-0.25, -0.2) is 9.78 Å². The highest BCUT2D eigenvalue weighted by molar-refractivity contribution is 5.90. The second kappa shape index (κ2) is 15.9. The Hall–Kier alpha value is -4.94. The molecule has 2 atom stereocenters. The standard InChI is InChI=1S/C32H32F9N7O3/c1-3-23-16-25(47(28(42)45-46-43-2)17-20-13-21(30(33,34)35)15-22(14-20)31(36,37)38)27-24(9-10-26(44-27)32(39,40)41)48(23)29(49)51-12-11-50-18-19-7-5-4-6-8-19/h4-10,13-15,23,25H,3,11-12,16-18H2,1-2H3,(H2,42,43,45)/p+1/t23-,25+/m1/s1. The van der Waals surface area contributed by atoms with Gasteiger partial charge in [-0.3, -0.25) is 15.2 Å². The average molecular weight is 735 g/mol. The van der Waals surface area contributed by atoms with Crippen LogP contribution in [0.3, 0.4) is 0 Å². The molecule has 1 amide bonds. The van der Waals surface area contributed by atoms with Gasteiger partial charge in [0, 0.05) is 12.5 Å². The van der Waals surface area contributed by atoms with E-state index in [1.54, 1.807) is 6.92 Å². The highest BCUT2D eigenvalue weighted by Gasteiger charge is 2.44. The van der Waals surface area contributed by atoms with Crippen molar-refractivity contribution in [3.8, 4) is 0 Å². The number of rotatable bonds is 10. The molecular weight excluding hydrogens is 701 g/mol. The molecule has 1 aromatic heterocycles. The number of halogens is 9. The van der Waals surface area contributed by atoms with Crippen molar-refractivity contribution in [2.75, 3.05) is 25.2 Å². The first-order valence-electron chi connectivity index (χ1n) is 15.3. The third-order valence-electron chi connectivity index (χ3n) is 7.81. The fourth-order valence-electron chi connectivity index (χ4n) is 5.48. The molecule has 0 radical (unpaired) electrons. The molecule has 276 valence electrons. The van der Waals surface area contributed by atoms with Crippen LogP contribution in [0.15, 0.2) is 71.0 Å². The van der Waals surface area contributed by atoms with E-state index < -0.39 is 77.3 Å². The lowest BCUT2D eigenvalue weighted by Gasteiger charge is -2.39. The number of aromatic nitrogens is 1. The SMILES string of the molecule is CC[C@@H]1C[C@H]([N+](Cc2cc(C(F)(F)F)cc(C(F)(F)F)c2)=C(N)NN=NC)c2nc(C(F)(F)F)ccc2N1C(=O)OCCOCc1ccccc1. The molecule has 2 aromatic carbocycles. The maximum atomic E-state index is 14.0. The molecule has 1 aliphatic heterocycles. The van der Waals surface area contributed by atoms with Crippen LogP contribution in [0.4, 0.5) is 50.0 Å². The number of carbonyl (C=O) groups excluding carboxylic acids is 1. The highest BCUT2D eigenvalue weighted by atomic mass is 19.4. The number of nitrogens with zero attached hydrogens (tertiary/aromatic N) is 5. The molecule has 0 fully saturated rings. The second-order valence-corrected chi connectivity index (χ2v) is 11.3. The summed E-state index contributed by atoms with van der Waals surface area (Å²) in [5, 5.41) is 6.98. The Morgan fingerprint density at radius 3 is 2.16 bits per heavy atom. The number of benzene rings is 2. The topological polar surface area (TPSA) is 117 Å². The minimum atomic E-state index is -5.17. The van der Waals surface area contributed by atoms with Crippen molar-refractivity contribution >= 4 is 17.7 Å². The minimum absolute atomic E-state index is 0.0141. The number of nitrogens with one attached hydrogen (secondary N) is 1. The molecule has 0 spiro atoms. The van der Waals surface area contributed by atoms with E-state index in [0.717, 1.165) is 21.1 Å². The quantitative estimate of drug-likeness (QED) is 0.0421. The molecule has 1 aliphatic rings. The van der Waals surface area contributed by atoms with Gasteiger partial charge in [-0.2, -0.15) is 44.6 Å². The number of amides is 1. The van der Waals surface area contributed by atoms with Crippen molar-refractivity contribution in [3.63, 3.8) is 0 Å². The first kappa shape index (κ1) is 38.9. The Balaban J connectivity index is 1.76. The molecule has 0 aliphatic carbocycles. The summed E-state index contributed by atoms with van der Waals surface area (Å²) < 4.78 is 136. The van der Waals surface area contributed by atoms with Crippen molar-refractivity contribution in [1.29, 1.82) is 0 Å². The van der Waals surface area contributed by atoms with Crippen LogP contribution in [-0.2, 0) is 41.2 Å². The molecule has 2 heterocycles. The minimum Gasteiger partial charge on any atom is -0.447 e. The maximum Gasteiger partial charge on any atom is 0.433 e. The largest absolute Gasteiger partial charge is 0.447 e. The fourth-order valence-corrected chi connectivity index (χ4v) is 5.48. The zero-order valence-corrected chi connectivity index (χ0v) is 27.1. The Labute approximate surface area is 285 Å². The van der Waals surface area contributed by atoms with Crippen LogP contribution in [0, 0.1) is 0 Å². The van der Waals surface area contributed by atoms with Crippen LogP contribution in [0.25, 0.3) is 0 Å². The van der Waals surface area contributed by atoms with Crippen LogP contribution >= 0.6 is 0 Å². The molecular formula is C32H33F9N7O3+. The Bertz CT molecular complexity index is 1700. The summed E-state index contributed by atoms with van der Waals surface area (Å²) in [4.78, 5) is 18.4. The molecule has 4 rings (SSSR count). The zero-order chi connectivity index (χ0) is 37.6. The van der Waals surface area contributed by atoms with E-state index in [9.17, 15) is 44.3 Å². The molecule has 19 heteroatoms. The number of alkyl halides is 9. The molecule has 0 bridgehead atoms. The average Bonchev–Trinajstić information content (AvgIpc) is 3.07.